The summed E-state index contributed by atoms with van der Waals surface area (Å²) in [5.41, 5.74) is 0. The highest BCUT2D eigenvalue weighted by Gasteiger charge is 1.87. The van der Waals surface area contributed by atoms with E-state index in [1.165, 1.54) is 6.08 Å². The van der Waals surface area contributed by atoms with Crippen LogP contribution in [0.4, 0.5) is 8.78 Å². The maximum atomic E-state index is 12.0. The molecule has 0 N–H and O–H groups in total. The van der Waals surface area contributed by atoms with Crippen molar-refractivity contribution < 1.29 is 8.78 Å². The van der Waals surface area contributed by atoms with Gasteiger partial charge in [0.1, 0.15) is 0 Å². The van der Waals surface area contributed by atoms with Gasteiger partial charge in [0.05, 0.1) is 0 Å². The van der Waals surface area contributed by atoms with E-state index in [4.69, 9.17) is 0 Å². The molecule has 0 saturated heterocycles. The summed E-state index contributed by atoms with van der Waals surface area (Å²) in [6.07, 6.45) is 2.17. The smallest absolute Gasteiger partial charge is 0.195 e. The third-order valence-corrected chi connectivity index (χ3v) is 0.516. The fraction of sp³-hybridized carbons (Fsp3) is 0.167. The first-order valence-corrected chi connectivity index (χ1v) is 2.36. The predicted octanol–water partition coefficient (Wildman–Crippen LogP) is 2.37. The van der Waals surface area contributed by atoms with Gasteiger partial charge < -0.3 is 0 Å². The fourth-order valence-electron chi connectivity index (χ4n) is 0.282. The summed E-state index contributed by atoms with van der Waals surface area (Å²) in [6, 6.07) is 0. The quantitative estimate of drug-likeness (QED) is 0.310. The van der Waals surface area contributed by atoms with Crippen LogP contribution >= 0.6 is 0 Å². The molecule has 0 atom stereocenters. The van der Waals surface area contributed by atoms with Gasteiger partial charge in [-0.3, -0.25) is 0 Å². The molecule has 9 heavy (non-hydrogen) atoms. The van der Waals surface area contributed by atoms with Crippen LogP contribution in [0.15, 0.2) is 29.7 Å². The standard InChI is InChI=1S/C6H7F2N/c1-3-4-6(8)9-5(2)7/h3-4H,1H2,2H3/b6-4-,9-5?. The van der Waals surface area contributed by atoms with Crippen molar-refractivity contribution in [3.8, 4) is 0 Å². The monoisotopic (exact) mass is 131 g/mol. The van der Waals surface area contributed by atoms with Crippen molar-refractivity contribution in [3.63, 3.8) is 0 Å². The second kappa shape index (κ2) is 3.95. The summed E-state index contributed by atoms with van der Waals surface area (Å²) >= 11 is 0. The van der Waals surface area contributed by atoms with Crippen LogP contribution in [-0.2, 0) is 0 Å². The lowest BCUT2D eigenvalue weighted by atomic mass is 10.6. The van der Waals surface area contributed by atoms with Crippen molar-refractivity contribution in [1.82, 2.24) is 0 Å². The first-order chi connectivity index (χ1) is 4.16. The van der Waals surface area contributed by atoms with Crippen LogP contribution < -0.4 is 0 Å². The van der Waals surface area contributed by atoms with E-state index in [1.54, 1.807) is 0 Å². The van der Waals surface area contributed by atoms with Gasteiger partial charge in [-0.25, -0.2) is 0 Å². The summed E-state index contributed by atoms with van der Waals surface area (Å²) in [7, 11) is 0. The highest BCUT2D eigenvalue weighted by molar-refractivity contribution is 5.72. The van der Waals surface area contributed by atoms with Gasteiger partial charge >= 0.3 is 0 Å². The lowest BCUT2D eigenvalue weighted by Crippen LogP contribution is -1.76. The summed E-state index contributed by atoms with van der Waals surface area (Å²) in [6.45, 7) is 4.27. The molecule has 0 aliphatic rings. The van der Waals surface area contributed by atoms with Crippen molar-refractivity contribution in [1.29, 1.82) is 0 Å². The predicted molar refractivity (Wildman–Crippen MR) is 33.6 cm³/mol. The zero-order valence-electron chi connectivity index (χ0n) is 5.06. The molecule has 0 aliphatic heterocycles. The summed E-state index contributed by atoms with van der Waals surface area (Å²) < 4.78 is 23.7. The number of hydrogen-bond acceptors (Lipinski definition) is 1. The zero-order valence-corrected chi connectivity index (χ0v) is 5.06. The van der Waals surface area contributed by atoms with Crippen LogP contribution in [0.3, 0.4) is 0 Å². The molecular weight excluding hydrogens is 124 g/mol. The molecule has 3 heteroatoms. The van der Waals surface area contributed by atoms with Gasteiger partial charge in [-0.2, -0.15) is 13.8 Å². The lowest BCUT2D eigenvalue weighted by molar-refractivity contribution is 0.620. The van der Waals surface area contributed by atoms with Gasteiger partial charge in [-0.15, -0.1) is 0 Å². The van der Waals surface area contributed by atoms with E-state index in [0.29, 0.717) is 0 Å². The maximum Gasteiger partial charge on any atom is 0.215 e. The molecule has 0 radical (unpaired) electrons. The largest absolute Gasteiger partial charge is 0.215 e. The van der Waals surface area contributed by atoms with E-state index in [-0.39, 0.29) is 0 Å². The van der Waals surface area contributed by atoms with Crippen LogP contribution in [0.5, 0.6) is 0 Å². The van der Waals surface area contributed by atoms with E-state index >= 15 is 0 Å². The number of nitrogens with zero attached hydrogens (tertiary/aromatic N) is 1. The summed E-state index contributed by atoms with van der Waals surface area (Å²) in [4.78, 5) is 2.84. The Morgan fingerprint density at radius 3 is 2.44 bits per heavy atom. The third kappa shape index (κ3) is 4.87. The Morgan fingerprint density at radius 2 is 2.11 bits per heavy atom. The molecule has 0 spiro atoms. The highest BCUT2D eigenvalue weighted by Crippen LogP contribution is 1.98. The number of hydrogen-bond donors (Lipinski definition) is 0. The van der Waals surface area contributed by atoms with E-state index < -0.39 is 11.9 Å². The Labute approximate surface area is 52.4 Å². The Bertz CT molecular complexity index is 154. The SMILES string of the molecule is C=C/C=C(/F)N=C(C)F. The van der Waals surface area contributed by atoms with E-state index in [1.807, 2.05) is 0 Å². The fourth-order valence-corrected chi connectivity index (χ4v) is 0.282. The van der Waals surface area contributed by atoms with Crippen LogP contribution in [0, 0.1) is 0 Å². The highest BCUT2D eigenvalue weighted by atomic mass is 19.1. The molecule has 0 aromatic heterocycles. The number of allylic oxidation sites excluding steroid dienone is 2. The van der Waals surface area contributed by atoms with E-state index in [2.05, 4.69) is 11.6 Å². The van der Waals surface area contributed by atoms with Gasteiger partial charge in [0, 0.05) is 6.92 Å². The zero-order chi connectivity index (χ0) is 7.28. The van der Waals surface area contributed by atoms with E-state index in [9.17, 15) is 8.78 Å². The molecule has 0 heterocycles. The first kappa shape index (κ1) is 8.01. The molecule has 0 aromatic carbocycles. The lowest BCUT2D eigenvalue weighted by Gasteiger charge is -1.82. The molecule has 0 unspecified atom stereocenters. The van der Waals surface area contributed by atoms with Crippen molar-refractivity contribution in [2.75, 3.05) is 0 Å². The first-order valence-electron chi connectivity index (χ1n) is 2.36. The Balaban J connectivity index is 4.05. The summed E-state index contributed by atoms with van der Waals surface area (Å²) in [5.74, 6) is -1.67. The van der Waals surface area contributed by atoms with Crippen molar-refractivity contribution >= 4 is 5.97 Å². The second-order valence-corrected chi connectivity index (χ2v) is 1.33. The van der Waals surface area contributed by atoms with Crippen molar-refractivity contribution in [2.24, 2.45) is 4.99 Å². The van der Waals surface area contributed by atoms with Crippen molar-refractivity contribution in [2.45, 2.75) is 6.92 Å². The van der Waals surface area contributed by atoms with Crippen molar-refractivity contribution in [3.05, 3.63) is 24.7 Å². The Morgan fingerprint density at radius 1 is 1.56 bits per heavy atom. The van der Waals surface area contributed by atoms with Crippen LogP contribution in [-0.4, -0.2) is 5.97 Å². The minimum absolute atomic E-state index is 0.800. The molecule has 50 valence electrons. The van der Waals surface area contributed by atoms with Crippen LogP contribution in [0.2, 0.25) is 0 Å². The molecule has 0 aliphatic carbocycles. The van der Waals surface area contributed by atoms with Crippen LogP contribution in [0.25, 0.3) is 0 Å². The minimum Gasteiger partial charge on any atom is -0.195 e. The third-order valence-electron chi connectivity index (χ3n) is 0.516. The molecule has 0 amide bonds. The van der Waals surface area contributed by atoms with Gasteiger partial charge in [0.25, 0.3) is 0 Å². The second-order valence-electron chi connectivity index (χ2n) is 1.33. The van der Waals surface area contributed by atoms with Crippen LogP contribution in [0.1, 0.15) is 6.92 Å². The molecule has 1 nitrogen and oxygen atoms in total. The molecule has 0 aromatic rings. The Kier molecular flexibility index (Phi) is 3.51. The van der Waals surface area contributed by atoms with Gasteiger partial charge in [-0.1, -0.05) is 12.7 Å². The van der Waals surface area contributed by atoms with Gasteiger partial charge in [-0.05, 0) is 6.08 Å². The minimum atomic E-state index is -0.870. The molecule has 0 saturated carbocycles. The molecule has 0 rings (SSSR count). The molecular formula is C6H7F2N. The van der Waals surface area contributed by atoms with E-state index in [0.717, 1.165) is 13.0 Å². The normalized spacial score (nSPS) is 13.7. The number of halogens is 2. The number of aliphatic imine (C=N–C) groups is 1. The van der Waals surface area contributed by atoms with Gasteiger partial charge in [0.2, 0.25) is 5.95 Å². The molecule has 0 fully saturated rings. The molecule has 0 bridgehead atoms. The number of rotatable bonds is 2. The maximum absolute atomic E-state index is 12.0. The summed E-state index contributed by atoms with van der Waals surface area (Å²) in [5, 5.41) is 0. The topological polar surface area (TPSA) is 12.4 Å². The van der Waals surface area contributed by atoms with Gasteiger partial charge in [0.15, 0.2) is 5.97 Å². The average Bonchev–Trinajstić information content (AvgIpc) is 1.63. The average molecular weight is 131 g/mol. The Hall–Kier alpha value is -0.990.